The number of anilines is 1. The van der Waals surface area contributed by atoms with Crippen LogP contribution in [0.25, 0.3) is 28.0 Å². The highest BCUT2D eigenvalue weighted by Crippen LogP contribution is 2.28. The van der Waals surface area contributed by atoms with Gasteiger partial charge in [-0.2, -0.15) is 9.61 Å². The van der Waals surface area contributed by atoms with E-state index in [4.69, 9.17) is 10.5 Å². The number of hydrogen-bond donors (Lipinski definition) is 2. The van der Waals surface area contributed by atoms with Gasteiger partial charge in [-0.05, 0) is 24.6 Å². The van der Waals surface area contributed by atoms with Gasteiger partial charge in [0.25, 0.3) is 5.56 Å². The second-order valence-electron chi connectivity index (χ2n) is 6.05. The Morgan fingerprint density at radius 2 is 1.73 bits per heavy atom. The molecule has 3 N–H and O–H groups in total. The van der Waals surface area contributed by atoms with Crippen molar-refractivity contribution in [3.05, 3.63) is 70.6 Å². The van der Waals surface area contributed by atoms with E-state index in [0.29, 0.717) is 22.6 Å². The maximum absolute atomic E-state index is 13.1. The first-order valence-corrected chi connectivity index (χ1v) is 8.21. The molecule has 0 fully saturated rings. The Morgan fingerprint density at radius 1 is 1.04 bits per heavy atom. The normalized spacial score (nSPS) is 11.0. The molecule has 0 amide bonds. The summed E-state index contributed by atoms with van der Waals surface area (Å²) in [5.41, 5.74) is 10.6. The zero-order valence-corrected chi connectivity index (χ0v) is 14.5. The van der Waals surface area contributed by atoms with Crippen molar-refractivity contribution in [2.45, 2.75) is 6.92 Å². The molecule has 4 aromatic rings. The van der Waals surface area contributed by atoms with Gasteiger partial charge < -0.3 is 15.5 Å². The van der Waals surface area contributed by atoms with Gasteiger partial charge in [-0.3, -0.25) is 4.79 Å². The van der Waals surface area contributed by atoms with Crippen molar-refractivity contribution >= 4 is 11.3 Å². The fraction of sp³-hybridized carbons (Fsp3) is 0.100. The van der Waals surface area contributed by atoms with Gasteiger partial charge in [0.1, 0.15) is 17.1 Å². The van der Waals surface area contributed by atoms with Crippen molar-refractivity contribution in [2.24, 2.45) is 0 Å². The fourth-order valence-corrected chi connectivity index (χ4v) is 3.11. The molecule has 0 aliphatic carbocycles. The maximum Gasteiger partial charge on any atom is 0.282 e. The molecule has 0 radical (unpaired) electrons. The Balaban J connectivity index is 1.95. The topological polar surface area (TPSA) is 85.4 Å². The van der Waals surface area contributed by atoms with Gasteiger partial charge in [-0.15, -0.1) is 0 Å². The summed E-state index contributed by atoms with van der Waals surface area (Å²) in [7, 11) is 1.61. The van der Waals surface area contributed by atoms with Crippen molar-refractivity contribution in [3.8, 4) is 28.1 Å². The van der Waals surface area contributed by atoms with Gasteiger partial charge in [0.05, 0.1) is 12.7 Å². The predicted molar refractivity (Wildman–Crippen MR) is 102 cm³/mol. The van der Waals surface area contributed by atoms with Crippen LogP contribution in [0.1, 0.15) is 5.69 Å². The van der Waals surface area contributed by atoms with Gasteiger partial charge in [0.15, 0.2) is 5.65 Å². The molecule has 130 valence electrons. The Kier molecular flexibility index (Phi) is 3.73. The molecule has 0 aliphatic rings. The summed E-state index contributed by atoms with van der Waals surface area (Å²) in [6.45, 7) is 1.86. The lowest BCUT2D eigenvalue weighted by Crippen LogP contribution is -2.19. The first kappa shape index (κ1) is 16.0. The van der Waals surface area contributed by atoms with Crippen molar-refractivity contribution < 1.29 is 4.74 Å². The molecule has 0 saturated heterocycles. The van der Waals surface area contributed by atoms with E-state index in [2.05, 4.69) is 10.1 Å². The van der Waals surface area contributed by atoms with Crippen LogP contribution in [0, 0.1) is 6.92 Å². The molecule has 2 heterocycles. The van der Waals surface area contributed by atoms with Crippen LogP contribution < -0.4 is 16.0 Å². The highest BCUT2D eigenvalue weighted by atomic mass is 16.5. The smallest absolute Gasteiger partial charge is 0.282 e. The number of nitrogens with two attached hydrogens (primary N) is 1. The quantitative estimate of drug-likeness (QED) is 0.596. The molecule has 4 rings (SSSR count). The molecule has 0 aliphatic heterocycles. The minimum Gasteiger partial charge on any atom is -0.497 e. The van der Waals surface area contributed by atoms with Crippen LogP contribution in [0.15, 0.2) is 59.4 Å². The van der Waals surface area contributed by atoms with Gasteiger partial charge in [0.2, 0.25) is 0 Å². The third-order valence-electron chi connectivity index (χ3n) is 4.44. The van der Waals surface area contributed by atoms with Crippen LogP contribution in [-0.2, 0) is 0 Å². The van der Waals surface area contributed by atoms with Crippen LogP contribution in [0.4, 0.5) is 5.69 Å². The molecule has 0 bridgehead atoms. The van der Waals surface area contributed by atoms with Crippen LogP contribution in [0.3, 0.4) is 0 Å². The molecule has 0 atom stereocenters. The largest absolute Gasteiger partial charge is 0.497 e. The Hall–Kier alpha value is -3.54. The van der Waals surface area contributed by atoms with Gasteiger partial charge >= 0.3 is 0 Å². The zero-order valence-electron chi connectivity index (χ0n) is 14.5. The standard InChI is InChI=1S/C20H18N4O2/c1-12-16(13-8-10-15(26-2)11-9-13)20(25)24-19(22-12)17(21)18(23-24)14-6-4-3-5-7-14/h3-11,22H,21H2,1-2H3. The zero-order chi connectivity index (χ0) is 18.3. The maximum atomic E-state index is 13.1. The molecular formula is C20H18N4O2. The van der Waals surface area contributed by atoms with E-state index < -0.39 is 0 Å². The number of aromatic nitrogens is 3. The SMILES string of the molecule is COc1ccc(-c2c(C)[nH]c3c(N)c(-c4ccccc4)nn3c2=O)cc1. The highest BCUT2D eigenvalue weighted by Gasteiger charge is 2.18. The number of nitrogens with zero attached hydrogens (tertiary/aromatic N) is 2. The fourth-order valence-electron chi connectivity index (χ4n) is 3.11. The summed E-state index contributed by atoms with van der Waals surface area (Å²) in [5, 5.41) is 4.47. The number of ether oxygens (including phenoxy) is 1. The first-order valence-electron chi connectivity index (χ1n) is 8.21. The van der Waals surface area contributed by atoms with Crippen LogP contribution in [0.2, 0.25) is 0 Å². The Morgan fingerprint density at radius 3 is 2.38 bits per heavy atom. The molecule has 6 heteroatoms. The molecule has 2 aromatic heterocycles. The van der Waals surface area contributed by atoms with Crippen molar-refractivity contribution in [1.29, 1.82) is 0 Å². The number of nitrogen functional groups attached to an aromatic ring is 1. The average molecular weight is 346 g/mol. The van der Waals surface area contributed by atoms with E-state index in [1.165, 1.54) is 4.52 Å². The second kappa shape index (κ2) is 6.07. The monoisotopic (exact) mass is 346 g/mol. The van der Waals surface area contributed by atoms with Crippen molar-refractivity contribution in [1.82, 2.24) is 14.6 Å². The Bertz CT molecular complexity index is 1140. The highest BCUT2D eigenvalue weighted by molar-refractivity contribution is 5.84. The Labute approximate surface area is 149 Å². The lowest BCUT2D eigenvalue weighted by Gasteiger charge is -2.07. The number of hydrogen-bond acceptors (Lipinski definition) is 4. The average Bonchev–Trinajstić information content (AvgIpc) is 3.00. The molecule has 0 unspecified atom stereocenters. The van der Waals surface area contributed by atoms with E-state index in [-0.39, 0.29) is 5.56 Å². The minimum atomic E-state index is -0.213. The minimum absolute atomic E-state index is 0.213. The van der Waals surface area contributed by atoms with E-state index in [0.717, 1.165) is 22.6 Å². The third kappa shape index (κ3) is 2.43. The predicted octanol–water partition coefficient (Wildman–Crippen LogP) is 3.26. The lowest BCUT2D eigenvalue weighted by atomic mass is 10.1. The van der Waals surface area contributed by atoms with E-state index in [1.54, 1.807) is 7.11 Å². The van der Waals surface area contributed by atoms with E-state index in [9.17, 15) is 4.79 Å². The summed E-state index contributed by atoms with van der Waals surface area (Å²) in [5.74, 6) is 0.735. The lowest BCUT2D eigenvalue weighted by molar-refractivity contribution is 0.415. The summed E-state index contributed by atoms with van der Waals surface area (Å²) in [6, 6.07) is 16.9. The molecular weight excluding hydrogens is 328 g/mol. The number of aryl methyl sites for hydroxylation is 1. The number of nitrogens with one attached hydrogen (secondary N) is 1. The molecule has 26 heavy (non-hydrogen) atoms. The van der Waals surface area contributed by atoms with Gasteiger partial charge in [-0.25, -0.2) is 0 Å². The molecule has 0 saturated carbocycles. The summed E-state index contributed by atoms with van der Waals surface area (Å²) in [4.78, 5) is 16.3. The molecule has 0 spiro atoms. The molecule has 2 aromatic carbocycles. The number of fused-ring (bicyclic) bond motifs is 1. The summed E-state index contributed by atoms with van der Waals surface area (Å²) >= 11 is 0. The van der Waals surface area contributed by atoms with Crippen molar-refractivity contribution in [3.63, 3.8) is 0 Å². The van der Waals surface area contributed by atoms with E-state index in [1.807, 2.05) is 61.5 Å². The number of benzene rings is 2. The summed E-state index contributed by atoms with van der Waals surface area (Å²) in [6.07, 6.45) is 0. The van der Waals surface area contributed by atoms with Crippen molar-refractivity contribution in [2.75, 3.05) is 12.8 Å². The van der Waals surface area contributed by atoms with Gasteiger partial charge in [-0.1, -0.05) is 42.5 Å². The van der Waals surface area contributed by atoms with Gasteiger partial charge in [0, 0.05) is 11.3 Å². The van der Waals surface area contributed by atoms with E-state index >= 15 is 0 Å². The third-order valence-corrected chi connectivity index (χ3v) is 4.44. The van der Waals surface area contributed by atoms with Crippen LogP contribution >= 0.6 is 0 Å². The number of aromatic amines is 1. The summed E-state index contributed by atoms with van der Waals surface area (Å²) < 4.78 is 6.52. The molecule has 6 nitrogen and oxygen atoms in total. The second-order valence-corrected chi connectivity index (χ2v) is 6.05. The van der Waals surface area contributed by atoms with Crippen LogP contribution in [-0.4, -0.2) is 21.7 Å². The first-order chi connectivity index (χ1) is 12.6. The van der Waals surface area contributed by atoms with Crippen LogP contribution in [0.5, 0.6) is 5.75 Å². The number of methoxy groups -OCH3 is 1. The number of rotatable bonds is 3. The number of H-pyrrole nitrogens is 1.